The summed E-state index contributed by atoms with van der Waals surface area (Å²) in [5.74, 6) is -0.242. The molecule has 150 valence electrons. The zero-order valence-electron chi connectivity index (χ0n) is 16.5. The summed E-state index contributed by atoms with van der Waals surface area (Å²) in [7, 11) is 0. The van der Waals surface area contributed by atoms with E-state index in [1.54, 1.807) is 19.1 Å². The van der Waals surface area contributed by atoms with E-state index in [9.17, 15) is 9.59 Å². The molecule has 1 aliphatic rings. The number of carbonyl (C=O) groups excluding carboxylic acids is 2. The number of amides is 2. The standard InChI is InChI=1S/C22H25N5O2/c1-16(22(29)26-13-5-2-6-14-26)23-21(28)18-11-9-17(10-12-18)15-27-20-8-4-3-7-19(20)24-25-27/h3-4,7-12,16H,2,5-6,13-15H2,1H3,(H,23,28)/t16-/m0/s1. The minimum absolute atomic E-state index is 0.00673. The molecule has 2 aromatic carbocycles. The van der Waals surface area contributed by atoms with Gasteiger partial charge in [-0.15, -0.1) is 5.10 Å². The lowest BCUT2D eigenvalue weighted by Gasteiger charge is -2.29. The Morgan fingerprint density at radius 2 is 1.76 bits per heavy atom. The fraction of sp³-hybridized carbons (Fsp3) is 0.364. The Hall–Kier alpha value is -3.22. The number of piperidine rings is 1. The normalized spacial score (nSPS) is 15.3. The summed E-state index contributed by atoms with van der Waals surface area (Å²) in [5.41, 5.74) is 3.39. The number of hydrogen-bond donors (Lipinski definition) is 1. The number of benzene rings is 2. The van der Waals surface area contributed by atoms with Gasteiger partial charge in [0, 0.05) is 18.7 Å². The largest absolute Gasteiger partial charge is 0.341 e. The predicted octanol–water partition coefficient (Wildman–Crippen LogP) is 2.61. The van der Waals surface area contributed by atoms with E-state index in [0.717, 1.165) is 42.5 Å². The zero-order chi connectivity index (χ0) is 20.2. The van der Waals surface area contributed by atoms with E-state index in [2.05, 4.69) is 15.6 Å². The highest BCUT2D eigenvalue weighted by Crippen LogP contribution is 2.14. The molecule has 4 rings (SSSR count). The first kappa shape index (κ1) is 19.1. The molecule has 1 fully saturated rings. The molecule has 0 bridgehead atoms. The molecule has 0 saturated carbocycles. The van der Waals surface area contributed by atoms with E-state index >= 15 is 0 Å². The summed E-state index contributed by atoms with van der Waals surface area (Å²) in [4.78, 5) is 26.9. The van der Waals surface area contributed by atoms with E-state index in [1.807, 2.05) is 46.0 Å². The molecule has 2 heterocycles. The van der Waals surface area contributed by atoms with Crippen LogP contribution < -0.4 is 5.32 Å². The minimum Gasteiger partial charge on any atom is -0.341 e. The first-order valence-electron chi connectivity index (χ1n) is 10.1. The van der Waals surface area contributed by atoms with Crippen LogP contribution in [-0.2, 0) is 11.3 Å². The van der Waals surface area contributed by atoms with Gasteiger partial charge in [-0.05, 0) is 56.0 Å². The van der Waals surface area contributed by atoms with Crippen LogP contribution in [0.4, 0.5) is 0 Å². The Kier molecular flexibility index (Phi) is 5.55. The maximum atomic E-state index is 12.5. The lowest BCUT2D eigenvalue weighted by molar-refractivity contribution is -0.133. The summed E-state index contributed by atoms with van der Waals surface area (Å²) < 4.78 is 1.84. The van der Waals surface area contributed by atoms with Crippen LogP contribution in [0.1, 0.15) is 42.1 Å². The number of nitrogens with one attached hydrogen (secondary N) is 1. The highest BCUT2D eigenvalue weighted by molar-refractivity contribution is 5.97. The molecule has 1 aliphatic heterocycles. The van der Waals surface area contributed by atoms with E-state index < -0.39 is 6.04 Å². The smallest absolute Gasteiger partial charge is 0.251 e. The summed E-state index contributed by atoms with van der Waals surface area (Å²) in [5, 5.41) is 11.2. The molecular formula is C22H25N5O2. The number of rotatable bonds is 5. The third kappa shape index (κ3) is 4.29. The molecule has 0 spiro atoms. The summed E-state index contributed by atoms with van der Waals surface area (Å²) in [6, 6.07) is 14.7. The lowest BCUT2D eigenvalue weighted by Crippen LogP contribution is -2.48. The van der Waals surface area contributed by atoms with Gasteiger partial charge in [0.05, 0.1) is 12.1 Å². The number of aromatic nitrogens is 3. The van der Waals surface area contributed by atoms with E-state index in [4.69, 9.17) is 0 Å². The Balaban J connectivity index is 1.38. The van der Waals surface area contributed by atoms with Crippen LogP contribution in [-0.4, -0.2) is 50.8 Å². The van der Waals surface area contributed by atoms with Gasteiger partial charge in [-0.25, -0.2) is 4.68 Å². The minimum atomic E-state index is -0.526. The van der Waals surface area contributed by atoms with Crippen LogP contribution in [0.25, 0.3) is 11.0 Å². The SMILES string of the molecule is C[C@H](NC(=O)c1ccc(Cn2nnc3ccccc32)cc1)C(=O)N1CCCCC1. The van der Waals surface area contributed by atoms with E-state index in [1.165, 1.54) is 6.42 Å². The van der Waals surface area contributed by atoms with Gasteiger partial charge in [-0.2, -0.15) is 0 Å². The number of para-hydroxylation sites is 1. The maximum Gasteiger partial charge on any atom is 0.251 e. The molecule has 0 aliphatic carbocycles. The van der Waals surface area contributed by atoms with Crippen LogP contribution in [0.3, 0.4) is 0 Å². The summed E-state index contributed by atoms with van der Waals surface area (Å²) >= 11 is 0. The molecule has 29 heavy (non-hydrogen) atoms. The van der Waals surface area contributed by atoms with Gasteiger partial charge in [0.15, 0.2) is 0 Å². The number of fused-ring (bicyclic) bond motifs is 1. The van der Waals surface area contributed by atoms with Crippen molar-refractivity contribution in [3.8, 4) is 0 Å². The van der Waals surface area contributed by atoms with Gasteiger partial charge in [0.25, 0.3) is 5.91 Å². The van der Waals surface area contributed by atoms with Crippen LogP contribution >= 0.6 is 0 Å². The molecule has 1 atom stereocenters. The zero-order valence-corrected chi connectivity index (χ0v) is 16.5. The van der Waals surface area contributed by atoms with Crippen LogP contribution in [0.5, 0.6) is 0 Å². The summed E-state index contributed by atoms with van der Waals surface area (Å²) in [6.07, 6.45) is 3.24. The lowest BCUT2D eigenvalue weighted by atomic mass is 10.1. The molecule has 1 saturated heterocycles. The molecule has 1 N–H and O–H groups in total. The molecule has 0 radical (unpaired) electrons. The number of hydrogen-bond acceptors (Lipinski definition) is 4. The quantitative estimate of drug-likeness (QED) is 0.725. The Bertz CT molecular complexity index is 1010. The predicted molar refractivity (Wildman–Crippen MR) is 110 cm³/mol. The van der Waals surface area contributed by atoms with Crippen molar-refractivity contribution in [3.63, 3.8) is 0 Å². The highest BCUT2D eigenvalue weighted by atomic mass is 16.2. The van der Waals surface area contributed by atoms with Gasteiger partial charge >= 0.3 is 0 Å². The van der Waals surface area contributed by atoms with Crippen LogP contribution in [0, 0.1) is 0 Å². The van der Waals surface area contributed by atoms with Gasteiger partial charge < -0.3 is 10.2 Å². The second-order valence-corrected chi connectivity index (χ2v) is 7.51. The summed E-state index contributed by atoms with van der Waals surface area (Å²) in [6.45, 7) is 3.89. The number of carbonyl (C=O) groups is 2. The Morgan fingerprint density at radius 3 is 2.52 bits per heavy atom. The van der Waals surface area contributed by atoms with Crippen LogP contribution in [0.15, 0.2) is 48.5 Å². The first-order valence-corrected chi connectivity index (χ1v) is 10.1. The molecule has 2 amide bonds. The van der Waals surface area contributed by atoms with Crippen molar-refractivity contribution in [1.82, 2.24) is 25.2 Å². The van der Waals surface area contributed by atoms with Crippen molar-refractivity contribution in [2.75, 3.05) is 13.1 Å². The maximum absolute atomic E-state index is 12.5. The second-order valence-electron chi connectivity index (χ2n) is 7.51. The van der Waals surface area contributed by atoms with Gasteiger partial charge in [0.2, 0.25) is 5.91 Å². The monoisotopic (exact) mass is 391 g/mol. The molecule has 7 nitrogen and oxygen atoms in total. The fourth-order valence-corrected chi connectivity index (χ4v) is 3.70. The van der Waals surface area contributed by atoms with Gasteiger partial charge in [-0.1, -0.05) is 29.5 Å². The average Bonchev–Trinajstić information content (AvgIpc) is 3.17. The van der Waals surface area contributed by atoms with Gasteiger partial charge in [-0.3, -0.25) is 9.59 Å². The number of nitrogens with zero attached hydrogens (tertiary/aromatic N) is 4. The molecule has 1 aromatic heterocycles. The van der Waals surface area contributed by atoms with Crippen molar-refractivity contribution in [2.24, 2.45) is 0 Å². The van der Waals surface area contributed by atoms with Crippen molar-refractivity contribution in [1.29, 1.82) is 0 Å². The topological polar surface area (TPSA) is 80.1 Å². The van der Waals surface area contributed by atoms with E-state index in [0.29, 0.717) is 12.1 Å². The van der Waals surface area contributed by atoms with Crippen molar-refractivity contribution in [3.05, 3.63) is 59.7 Å². The molecule has 3 aromatic rings. The van der Waals surface area contributed by atoms with Crippen molar-refractivity contribution < 1.29 is 9.59 Å². The van der Waals surface area contributed by atoms with Crippen molar-refractivity contribution in [2.45, 2.75) is 38.8 Å². The van der Waals surface area contributed by atoms with Crippen molar-refractivity contribution >= 4 is 22.8 Å². The second kappa shape index (κ2) is 8.43. The van der Waals surface area contributed by atoms with Crippen LogP contribution in [0.2, 0.25) is 0 Å². The molecular weight excluding hydrogens is 366 g/mol. The third-order valence-corrected chi connectivity index (χ3v) is 5.35. The average molecular weight is 391 g/mol. The fourth-order valence-electron chi connectivity index (χ4n) is 3.70. The number of likely N-dealkylation sites (tertiary alicyclic amines) is 1. The van der Waals surface area contributed by atoms with Gasteiger partial charge in [0.1, 0.15) is 11.6 Å². The van der Waals surface area contributed by atoms with E-state index in [-0.39, 0.29) is 11.8 Å². The molecule has 7 heteroatoms. The third-order valence-electron chi connectivity index (χ3n) is 5.35. The Morgan fingerprint density at radius 1 is 1.03 bits per heavy atom. The first-order chi connectivity index (χ1) is 14.1. The highest BCUT2D eigenvalue weighted by Gasteiger charge is 2.23. The molecule has 0 unspecified atom stereocenters. The Labute approximate surface area is 169 Å².